The Kier molecular flexibility index (Phi) is 4.15. The minimum atomic E-state index is -1.19. The molecule has 1 aromatic carbocycles. The topological polar surface area (TPSA) is 102 Å². The molecule has 1 fully saturated rings. The molecule has 3 N–H and O–H groups in total. The lowest BCUT2D eigenvalue weighted by Gasteiger charge is -2.24. The number of amides is 2. The maximum atomic E-state index is 11.9. The van der Waals surface area contributed by atoms with Crippen molar-refractivity contribution >= 4 is 29.4 Å². The SMILES string of the molecule is N#Cc1ccc(NC(=O)NC2(C(=O)O)CCSC2)cc1. The molecule has 1 unspecified atom stereocenters. The van der Waals surface area contributed by atoms with Crippen LogP contribution >= 0.6 is 11.8 Å². The lowest BCUT2D eigenvalue weighted by molar-refractivity contribution is -0.143. The first kappa shape index (κ1) is 14.2. The number of carbonyl (C=O) groups is 2. The molecule has 1 aliphatic rings. The molecule has 6 nitrogen and oxygen atoms in total. The van der Waals surface area contributed by atoms with E-state index in [1.54, 1.807) is 24.3 Å². The maximum absolute atomic E-state index is 11.9. The van der Waals surface area contributed by atoms with E-state index in [0.29, 0.717) is 29.2 Å². The molecule has 1 atom stereocenters. The van der Waals surface area contributed by atoms with Gasteiger partial charge in [-0.25, -0.2) is 9.59 Å². The van der Waals surface area contributed by atoms with Crippen LogP contribution in [0.3, 0.4) is 0 Å². The molecule has 0 radical (unpaired) electrons. The van der Waals surface area contributed by atoms with E-state index in [1.165, 1.54) is 11.8 Å². The zero-order chi connectivity index (χ0) is 14.6. The molecule has 0 spiro atoms. The number of nitrogens with one attached hydrogen (secondary N) is 2. The molecule has 2 rings (SSSR count). The highest BCUT2D eigenvalue weighted by atomic mass is 32.2. The summed E-state index contributed by atoms with van der Waals surface area (Å²) in [4.78, 5) is 23.2. The number of hydrogen-bond donors (Lipinski definition) is 3. The van der Waals surface area contributed by atoms with Gasteiger partial charge in [0.25, 0.3) is 0 Å². The maximum Gasteiger partial charge on any atom is 0.330 e. The largest absolute Gasteiger partial charge is 0.479 e. The van der Waals surface area contributed by atoms with E-state index in [4.69, 9.17) is 5.26 Å². The van der Waals surface area contributed by atoms with Crippen molar-refractivity contribution in [2.45, 2.75) is 12.0 Å². The third kappa shape index (κ3) is 3.03. The van der Waals surface area contributed by atoms with E-state index in [-0.39, 0.29) is 0 Å². The fourth-order valence-corrected chi connectivity index (χ4v) is 3.22. The molecular weight excluding hydrogens is 278 g/mol. The van der Waals surface area contributed by atoms with Crippen LogP contribution in [0, 0.1) is 11.3 Å². The second-order valence-electron chi connectivity index (χ2n) is 4.46. The monoisotopic (exact) mass is 291 g/mol. The number of carboxylic acids is 1. The van der Waals surface area contributed by atoms with Gasteiger partial charge >= 0.3 is 12.0 Å². The first-order valence-electron chi connectivity index (χ1n) is 5.96. The van der Waals surface area contributed by atoms with E-state index in [9.17, 15) is 14.7 Å². The van der Waals surface area contributed by atoms with Crippen LogP contribution in [-0.2, 0) is 4.79 Å². The van der Waals surface area contributed by atoms with E-state index < -0.39 is 17.5 Å². The highest BCUT2D eigenvalue weighted by Crippen LogP contribution is 2.28. The molecular formula is C13H13N3O3S. The smallest absolute Gasteiger partial charge is 0.330 e. The van der Waals surface area contributed by atoms with Crippen molar-refractivity contribution < 1.29 is 14.7 Å². The van der Waals surface area contributed by atoms with Crippen molar-refractivity contribution in [3.05, 3.63) is 29.8 Å². The number of carbonyl (C=O) groups excluding carboxylic acids is 1. The molecule has 20 heavy (non-hydrogen) atoms. The third-order valence-corrected chi connectivity index (χ3v) is 4.25. The second-order valence-corrected chi connectivity index (χ2v) is 5.56. The van der Waals surface area contributed by atoms with Gasteiger partial charge in [0, 0.05) is 11.4 Å². The van der Waals surface area contributed by atoms with Gasteiger partial charge in [0.2, 0.25) is 0 Å². The van der Waals surface area contributed by atoms with Crippen LogP contribution in [0.4, 0.5) is 10.5 Å². The van der Waals surface area contributed by atoms with Gasteiger partial charge < -0.3 is 15.7 Å². The Morgan fingerprint density at radius 3 is 2.55 bits per heavy atom. The van der Waals surface area contributed by atoms with Crippen LogP contribution in [0.1, 0.15) is 12.0 Å². The quantitative estimate of drug-likeness (QED) is 0.785. The van der Waals surface area contributed by atoms with Crippen LogP contribution in [0.25, 0.3) is 0 Å². The van der Waals surface area contributed by atoms with Gasteiger partial charge in [0.1, 0.15) is 5.54 Å². The highest BCUT2D eigenvalue weighted by molar-refractivity contribution is 7.99. The number of thioether (sulfide) groups is 1. The number of nitriles is 1. The van der Waals surface area contributed by atoms with Gasteiger partial charge in [0.05, 0.1) is 11.6 Å². The molecule has 2 amide bonds. The third-order valence-electron chi connectivity index (χ3n) is 3.06. The first-order chi connectivity index (χ1) is 9.55. The van der Waals surface area contributed by atoms with E-state index >= 15 is 0 Å². The molecule has 0 aromatic heterocycles. The minimum absolute atomic E-state index is 0.364. The Morgan fingerprint density at radius 2 is 2.05 bits per heavy atom. The Morgan fingerprint density at radius 1 is 1.35 bits per heavy atom. The predicted molar refractivity (Wildman–Crippen MR) is 75.6 cm³/mol. The number of anilines is 1. The molecule has 0 saturated carbocycles. The summed E-state index contributed by atoms with van der Waals surface area (Å²) in [5, 5.41) is 23.0. The first-order valence-corrected chi connectivity index (χ1v) is 7.12. The summed E-state index contributed by atoms with van der Waals surface area (Å²) in [5.74, 6) is 0.0597. The molecule has 7 heteroatoms. The summed E-state index contributed by atoms with van der Waals surface area (Å²) in [6.45, 7) is 0. The summed E-state index contributed by atoms with van der Waals surface area (Å²) in [6.07, 6.45) is 0.411. The van der Waals surface area contributed by atoms with Crippen molar-refractivity contribution in [1.29, 1.82) is 5.26 Å². The van der Waals surface area contributed by atoms with Crippen LogP contribution in [0.15, 0.2) is 24.3 Å². The van der Waals surface area contributed by atoms with Crippen molar-refractivity contribution in [2.24, 2.45) is 0 Å². The van der Waals surface area contributed by atoms with Crippen molar-refractivity contribution in [3.63, 3.8) is 0 Å². The summed E-state index contributed by atoms with van der Waals surface area (Å²) in [5.41, 5.74) is -0.195. The van der Waals surface area contributed by atoms with Gasteiger partial charge in [-0.2, -0.15) is 17.0 Å². The summed E-state index contributed by atoms with van der Waals surface area (Å²) < 4.78 is 0. The summed E-state index contributed by atoms with van der Waals surface area (Å²) in [6, 6.07) is 7.76. The number of nitrogens with zero attached hydrogens (tertiary/aromatic N) is 1. The Balaban J connectivity index is 2.01. The molecule has 104 valence electrons. The normalized spacial score (nSPS) is 20.9. The van der Waals surface area contributed by atoms with Gasteiger partial charge in [-0.1, -0.05) is 0 Å². The molecule has 1 heterocycles. The number of benzene rings is 1. The van der Waals surface area contributed by atoms with Gasteiger partial charge in [0.15, 0.2) is 0 Å². The molecule has 1 saturated heterocycles. The zero-order valence-electron chi connectivity index (χ0n) is 10.5. The number of carboxylic acid groups (broad SMARTS) is 1. The summed E-state index contributed by atoms with van der Waals surface area (Å²) >= 11 is 1.50. The molecule has 0 aliphatic carbocycles. The van der Waals surface area contributed by atoms with Gasteiger partial charge in [-0.05, 0) is 36.4 Å². The van der Waals surface area contributed by atoms with Crippen LogP contribution < -0.4 is 10.6 Å². The van der Waals surface area contributed by atoms with Gasteiger partial charge in [-0.3, -0.25) is 0 Å². The van der Waals surface area contributed by atoms with Crippen LogP contribution in [-0.4, -0.2) is 34.2 Å². The molecule has 0 bridgehead atoms. The Hall–Kier alpha value is -2.20. The van der Waals surface area contributed by atoms with Crippen molar-refractivity contribution in [2.75, 3.05) is 16.8 Å². The average molecular weight is 291 g/mol. The fraction of sp³-hybridized carbons (Fsp3) is 0.308. The highest BCUT2D eigenvalue weighted by Gasteiger charge is 2.43. The summed E-state index contributed by atoms with van der Waals surface area (Å²) in [7, 11) is 0. The second kappa shape index (κ2) is 5.84. The zero-order valence-corrected chi connectivity index (χ0v) is 11.4. The van der Waals surface area contributed by atoms with Gasteiger partial charge in [-0.15, -0.1) is 0 Å². The van der Waals surface area contributed by atoms with Crippen LogP contribution in [0.2, 0.25) is 0 Å². The van der Waals surface area contributed by atoms with Crippen LogP contribution in [0.5, 0.6) is 0 Å². The average Bonchev–Trinajstić information content (AvgIpc) is 2.89. The lowest BCUT2D eigenvalue weighted by Crippen LogP contribution is -2.55. The number of hydrogen-bond acceptors (Lipinski definition) is 4. The van der Waals surface area contributed by atoms with Crippen molar-refractivity contribution in [1.82, 2.24) is 5.32 Å². The number of rotatable bonds is 3. The molecule has 1 aliphatic heterocycles. The van der Waals surface area contributed by atoms with Crippen molar-refractivity contribution in [3.8, 4) is 6.07 Å². The Labute approximate surface area is 120 Å². The lowest BCUT2D eigenvalue weighted by atomic mass is 10.00. The minimum Gasteiger partial charge on any atom is -0.479 e. The van der Waals surface area contributed by atoms with E-state index in [1.807, 2.05) is 6.07 Å². The number of urea groups is 1. The predicted octanol–water partition coefficient (Wildman–Crippen LogP) is 1.64. The Bertz CT molecular complexity index is 559. The van der Waals surface area contributed by atoms with E-state index in [2.05, 4.69) is 10.6 Å². The number of aliphatic carboxylic acids is 1. The fourth-order valence-electron chi connectivity index (χ4n) is 1.89. The van der Waals surface area contributed by atoms with E-state index in [0.717, 1.165) is 0 Å². The molecule has 1 aromatic rings. The standard InChI is InChI=1S/C13H13N3O3S/c14-7-9-1-3-10(4-2-9)15-12(19)16-13(11(17)18)5-6-20-8-13/h1-4H,5-6,8H2,(H,17,18)(H2,15,16,19).